The Morgan fingerprint density at radius 3 is 3.05 bits per heavy atom. The maximum absolute atomic E-state index is 13.7. The summed E-state index contributed by atoms with van der Waals surface area (Å²) in [6.07, 6.45) is 5.15. The van der Waals surface area contributed by atoms with Crippen LogP contribution in [0, 0.1) is 11.7 Å². The molecule has 5 nitrogen and oxygen atoms in total. The molecule has 0 bridgehead atoms. The van der Waals surface area contributed by atoms with Crippen LogP contribution in [0.5, 0.6) is 0 Å². The van der Waals surface area contributed by atoms with Gasteiger partial charge in [-0.3, -0.25) is 9.78 Å². The number of pyridine rings is 1. The first-order valence-corrected chi connectivity index (χ1v) is 7.82. The van der Waals surface area contributed by atoms with Gasteiger partial charge in [-0.2, -0.15) is 0 Å². The van der Waals surface area contributed by atoms with Crippen LogP contribution in [0.1, 0.15) is 23.2 Å². The normalized spacial score (nSPS) is 22.1. The minimum Gasteiger partial charge on any atom is -0.373 e. The van der Waals surface area contributed by atoms with Crippen molar-refractivity contribution in [2.75, 3.05) is 39.8 Å². The number of nitrogens with zero attached hydrogens (tertiary/aromatic N) is 3. The fourth-order valence-electron chi connectivity index (χ4n) is 2.90. The number of ether oxygens (including phenoxy) is 1. The van der Waals surface area contributed by atoms with Crippen LogP contribution in [0.15, 0.2) is 18.5 Å². The molecule has 1 saturated heterocycles. The van der Waals surface area contributed by atoms with Gasteiger partial charge in [0.15, 0.2) is 5.82 Å². The molecule has 0 aromatic carbocycles. The van der Waals surface area contributed by atoms with Crippen LogP contribution in [0.4, 0.5) is 4.39 Å². The van der Waals surface area contributed by atoms with Gasteiger partial charge in [-0.1, -0.05) is 0 Å². The van der Waals surface area contributed by atoms with Gasteiger partial charge in [0.25, 0.3) is 5.91 Å². The van der Waals surface area contributed by atoms with Crippen molar-refractivity contribution in [1.29, 1.82) is 0 Å². The van der Waals surface area contributed by atoms with E-state index in [0.29, 0.717) is 19.7 Å². The second kappa shape index (κ2) is 6.71. The molecule has 120 valence electrons. The average Bonchev–Trinajstić information content (AvgIpc) is 3.31. The van der Waals surface area contributed by atoms with E-state index in [4.69, 9.17) is 4.74 Å². The van der Waals surface area contributed by atoms with Crippen LogP contribution in [0.2, 0.25) is 0 Å². The van der Waals surface area contributed by atoms with E-state index in [0.717, 1.165) is 25.2 Å². The van der Waals surface area contributed by atoms with Crippen molar-refractivity contribution in [3.63, 3.8) is 0 Å². The van der Waals surface area contributed by atoms with Crippen LogP contribution in [0.3, 0.4) is 0 Å². The summed E-state index contributed by atoms with van der Waals surface area (Å²) in [5, 5.41) is 0. The third-order valence-corrected chi connectivity index (χ3v) is 4.21. The monoisotopic (exact) mass is 307 g/mol. The van der Waals surface area contributed by atoms with E-state index in [1.807, 2.05) is 0 Å². The SMILES string of the molecule is CN(CC1CC1)C[C@@H]1CN(C(=O)c2ccncc2F)CCO1. The second-order valence-corrected chi connectivity index (χ2v) is 6.26. The third kappa shape index (κ3) is 3.81. The van der Waals surface area contributed by atoms with Crippen molar-refractivity contribution in [2.45, 2.75) is 18.9 Å². The molecule has 22 heavy (non-hydrogen) atoms. The molecule has 2 aliphatic rings. The summed E-state index contributed by atoms with van der Waals surface area (Å²) in [7, 11) is 2.09. The summed E-state index contributed by atoms with van der Waals surface area (Å²) in [5.41, 5.74) is 0.0852. The third-order valence-electron chi connectivity index (χ3n) is 4.21. The van der Waals surface area contributed by atoms with E-state index in [2.05, 4.69) is 16.9 Å². The Kier molecular flexibility index (Phi) is 4.69. The van der Waals surface area contributed by atoms with Gasteiger partial charge < -0.3 is 14.5 Å². The zero-order valence-corrected chi connectivity index (χ0v) is 12.9. The minimum atomic E-state index is -0.568. The maximum atomic E-state index is 13.7. The predicted octanol–water partition coefficient (Wildman–Crippen LogP) is 1.40. The van der Waals surface area contributed by atoms with Crippen molar-refractivity contribution in [2.24, 2.45) is 5.92 Å². The molecule has 1 aromatic heterocycles. The molecule has 1 aliphatic heterocycles. The standard InChI is InChI=1S/C16H22FN3O2/c1-19(9-12-2-3-12)10-13-11-20(6-7-22-13)16(21)14-4-5-18-8-15(14)17/h4-5,8,12-13H,2-3,6-7,9-11H2,1H3/t13-/m1/s1. The number of hydrogen-bond acceptors (Lipinski definition) is 4. The number of aromatic nitrogens is 1. The molecule has 6 heteroatoms. The number of amides is 1. The molecule has 0 N–H and O–H groups in total. The van der Waals surface area contributed by atoms with Crippen molar-refractivity contribution in [3.8, 4) is 0 Å². The van der Waals surface area contributed by atoms with Crippen LogP contribution in [-0.2, 0) is 4.74 Å². The minimum absolute atomic E-state index is 0.00801. The lowest BCUT2D eigenvalue weighted by atomic mass is 10.2. The van der Waals surface area contributed by atoms with E-state index in [1.165, 1.54) is 25.1 Å². The van der Waals surface area contributed by atoms with Gasteiger partial charge in [0.2, 0.25) is 0 Å². The number of carbonyl (C=O) groups is 1. The summed E-state index contributed by atoms with van der Waals surface area (Å²) < 4.78 is 19.5. The molecule has 1 aliphatic carbocycles. The molecule has 1 atom stereocenters. The van der Waals surface area contributed by atoms with Gasteiger partial charge in [0.1, 0.15) is 0 Å². The lowest BCUT2D eigenvalue weighted by Crippen LogP contribution is -2.49. The molecular formula is C16H22FN3O2. The van der Waals surface area contributed by atoms with E-state index in [9.17, 15) is 9.18 Å². The van der Waals surface area contributed by atoms with Crippen molar-refractivity contribution in [3.05, 3.63) is 29.8 Å². The lowest BCUT2D eigenvalue weighted by Gasteiger charge is -2.35. The Balaban J connectivity index is 1.57. The van der Waals surface area contributed by atoms with Gasteiger partial charge in [-0.05, 0) is 31.9 Å². The summed E-state index contributed by atoms with van der Waals surface area (Å²) in [6.45, 7) is 3.41. The summed E-state index contributed by atoms with van der Waals surface area (Å²) >= 11 is 0. The number of carbonyl (C=O) groups excluding carboxylic acids is 1. The van der Waals surface area contributed by atoms with Gasteiger partial charge >= 0.3 is 0 Å². The molecule has 0 spiro atoms. The lowest BCUT2D eigenvalue weighted by molar-refractivity contribution is -0.0335. The molecule has 1 saturated carbocycles. The van der Waals surface area contributed by atoms with Gasteiger partial charge in [-0.25, -0.2) is 4.39 Å². The highest BCUT2D eigenvalue weighted by molar-refractivity contribution is 5.94. The molecule has 2 heterocycles. The fourth-order valence-corrected chi connectivity index (χ4v) is 2.90. The van der Waals surface area contributed by atoms with Gasteiger partial charge in [0, 0.05) is 32.4 Å². The van der Waals surface area contributed by atoms with E-state index in [-0.39, 0.29) is 17.6 Å². The number of morpholine rings is 1. The molecular weight excluding hydrogens is 285 g/mol. The molecule has 2 fully saturated rings. The van der Waals surface area contributed by atoms with Crippen LogP contribution in [0.25, 0.3) is 0 Å². The van der Waals surface area contributed by atoms with Crippen LogP contribution in [-0.4, -0.2) is 66.6 Å². The Morgan fingerprint density at radius 1 is 1.50 bits per heavy atom. The summed E-state index contributed by atoms with van der Waals surface area (Å²) in [4.78, 5) is 20.1. The Morgan fingerprint density at radius 2 is 2.32 bits per heavy atom. The zero-order chi connectivity index (χ0) is 15.5. The van der Waals surface area contributed by atoms with Crippen molar-refractivity contribution < 1.29 is 13.9 Å². The molecule has 0 radical (unpaired) electrons. The first-order valence-electron chi connectivity index (χ1n) is 7.82. The number of hydrogen-bond donors (Lipinski definition) is 0. The Hall–Kier alpha value is -1.53. The van der Waals surface area contributed by atoms with E-state index in [1.54, 1.807) is 4.90 Å². The number of rotatable bonds is 5. The highest BCUT2D eigenvalue weighted by Crippen LogP contribution is 2.29. The first-order chi connectivity index (χ1) is 10.6. The largest absolute Gasteiger partial charge is 0.373 e. The van der Waals surface area contributed by atoms with E-state index < -0.39 is 5.82 Å². The van der Waals surface area contributed by atoms with Gasteiger partial charge in [0.05, 0.1) is 24.5 Å². The smallest absolute Gasteiger partial charge is 0.257 e. The fraction of sp³-hybridized carbons (Fsp3) is 0.625. The van der Waals surface area contributed by atoms with Crippen molar-refractivity contribution >= 4 is 5.91 Å². The quantitative estimate of drug-likeness (QED) is 0.825. The van der Waals surface area contributed by atoms with Gasteiger partial charge in [-0.15, -0.1) is 0 Å². The predicted molar refractivity (Wildman–Crippen MR) is 80.1 cm³/mol. The van der Waals surface area contributed by atoms with Crippen molar-refractivity contribution in [1.82, 2.24) is 14.8 Å². The Labute approximate surface area is 130 Å². The highest BCUT2D eigenvalue weighted by Gasteiger charge is 2.29. The maximum Gasteiger partial charge on any atom is 0.257 e. The van der Waals surface area contributed by atoms with Crippen LogP contribution < -0.4 is 0 Å². The topological polar surface area (TPSA) is 45.7 Å². The average molecular weight is 307 g/mol. The van der Waals surface area contributed by atoms with E-state index >= 15 is 0 Å². The zero-order valence-electron chi connectivity index (χ0n) is 12.9. The molecule has 1 amide bonds. The number of halogens is 1. The second-order valence-electron chi connectivity index (χ2n) is 6.26. The molecule has 0 unspecified atom stereocenters. The summed E-state index contributed by atoms with van der Waals surface area (Å²) in [6, 6.07) is 1.43. The molecule has 1 aromatic rings. The summed E-state index contributed by atoms with van der Waals surface area (Å²) in [5.74, 6) is -0.0170. The molecule has 3 rings (SSSR count). The first kappa shape index (κ1) is 15.4. The number of likely N-dealkylation sites (N-methyl/N-ethyl adjacent to an activating group) is 1. The highest BCUT2D eigenvalue weighted by atomic mass is 19.1. The van der Waals surface area contributed by atoms with Crippen LogP contribution >= 0.6 is 0 Å². The Bertz CT molecular complexity index is 536.